The maximum Gasteiger partial charge on any atom is 0.258 e. The highest BCUT2D eigenvalue weighted by atomic mass is 16.5. The van der Waals surface area contributed by atoms with Crippen molar-refractivity contribution in [3.05, 3.63) is 63.7 Å². The minimum absolute atomic E-state index is 0.0112. The van der Waals surface area contributed by atoms with Gasteiger partial charge in [-0.2, -0.15) is 0 Å². The average Bonchev–Trinajstić information content (AvgIpc) is 2.55. The molecule has 0 saturated carbocycles. The molecule has 0 radical (unpaired) electrons. The molecule has 1 N–H and O–H groups in total. The van der Waals surface area contributed by atoms with Crippen molar-refractivity contribution >= 4 is 5.91 Å². The molecule has 0 unspecified atom stereocenters. The third kappa shape index (κ3) is 4.85. The summed E-state index contributed by atoms with van der Waals surface area (Å²) in [7, 11) is 0. The van der Waals surface area contributed by atoms with Crippen LogP contribution in [0.5, 0.6) is 5.75 Å². The number of carbonyl (C=O) groups excluding carboxylic acids is 1. The Morgan fingerprint density at radius 3 is 2.32 bits per heavy atom. The monoisotopic (exact) mass is 339 g/mol. The lowest BCUT2D eigenvalue weighted by Crippen LogP contribution is -2.32. The summed E-state index contributed by atoms with van der Waals surface area (Å²) in [6, 6.07) is 10.5. The second-order valence-electron chi connectivity index (χ2n) is 6.88. The molecule has 0 heterocycles. The van der Waals surface area contributed by atoms with Crippen molar-refractivity contribution in [2.24, 2.45) is 0 Å². The summed E-state index contributed by atoms with van der Waals surface area (Å²) >= 11 is 0. The molecule has 2 aromatic rings. The van der Waals surface area contributed by atoms with Crippen molar-refractivity contribution in [1.29, 1.82) is 0 Å². The molecule has 0 aromatic heterocycles. The number of amides is 1. The lowest BCUT2D eigenvalue weighted by Gasteiger charge is -2.20. The highest BCUT2D eigenvalue weighted by Gasteiger charge is 2.15. The SMILES string of the molecule is CC[C@H](NC(=O)COc1cc(C)cc(C)c1C)c1ccc(C)cc1C. The van der Waals surface area contributed by atoms with Crippen LogP contribution in [0.25, 0.3) is 0 Å². The predicted octanol–water partition coefficient (Wildman–Crippen LogP) is 4.88. The van der Waals surface area contributed by atoms with Crippen LogP contribution < -0.4 is 10.1 Å². The predicted molar refractivity (Wildman–Crippen MR) is 103 cm³/mol. The number of aryl methyl sites for hydroxylation is 4. The first-order valence-corrected chi connectivity index (χ1v) is 8.89. The van der Waals surface area contributed by atoms with E-state index < -0.39 is 0 Å². The minimum atomic E-state index is -0.0922. The molecule has 134 valence electrons. The number of hydrogen-bond donors (Lipinski definition) is 1. The average molecular weight is 339 g/mol. The fourth-order valence-electron chi connectivity index (χ4n) is 3.15. The smallest absolute Gasteiger partial charge is 0.258 e. The Labute approximate surface area is 151 Å². The molecule has 0 bridgehead atoms. The van der Waals surface area contributed by atoms with Crippen LogP contribution in [-0.4, -0.2) is 12.5 Å². The summed E-state index contributed by atoms with van der Waals surface area (Å²) in [5.41, 5.74) is 7.01. The molecule has 0 spiro atoms. The van der Waals surface area contributed by atoms with Crippen LogP contribution in [-0.2, 0) is 4.79 Å². The Hall–Kier alpha value is -2.29. The highest BCUT2D eigenvalue weighted by Crippen LogP contribution is 2.24. The van der Waals surface area contributed by atoms with E-state index in [1.165, 1.54) is 22.3 Å². The van der Waals surface area contributed by atoms with Crippen molar-refractivity contribution in [2.75, 3.05) is 6.61 Å². The van der Waals surface area contributed by atoms with Crippen LogP contribution in [0.3, 0.4) is 0 Å². The summed E-state index contributed by atoms with van der Waals surface area (Å²) in [5, 5.41) is 3.10. The Morgan fingerprint density at radius 1 is 1.00 bits per heavy atom. The van der Waals surface area contributed by atoms with E-state index >= 15 is 0 Å². The second kappa shape index (κ2) is 8.19. The normalized spacial score (nSPS) is 11.9. The molecule has 2 rings (SSSR count). The molecule has 0 aliphatic heterocycles. The van der Waals surface area contributed by atoms with Gasteiger partial charge >= 0.3 is 0 Å². The van der Waals surface area contributed by atoms with Gasteiger partial charge in [-0.25, -0.2) is 0 Å². The third-order valence-electron chi connectivity index (χ3n) is 4.67. The van der Waals surface area contributed by atoms with Gasteiger partial charge in [-0.15, -0.1) is 0 Å². The summed E-state index contributed by atoms with van der Waals surface area (Å²) in [6.07, 6.45) is 0.845. The molecule has 0 fully saturated rings. The van der Waals surface area contributed by atoms with Crippen molar-refractivity contribution in [3.8, 4) is 5.75 Å². The fraction of sp³-hybridized carbons (Fsp3) is 0.409. The molecule has 25 heavy (non-hydrogen) atoms. The molecular weight excluding hydrogens is 310 g/mol. The lowest BCUT2D eigenvalue weighted by molar-refractivity contribution is -0.123. The highest BCUT2D eigenvalue weighted by molar-refractivity contribution is 5.78. The van der Waals surface area contributed by atoms with E-state index in [0.717, 1.165) is 23.3 Å². The van der Waals surface area contributed by atoms with Crippen LogP contribution in [0.15, 0.2) is 30.3 Å². The molecule has 3 heteroatoms. The first kappa shape index (κ1) is 19.0. The molecule has 1 amide bonds. The Bertz CT molecular complexity index is 765. The fourth-order valence-corrected chi connectivity index (χ4v) is 3.15. The van der Waals surface area contributed by atoms with Gasteiger partial charge in [0.05, 0.1) is 6.04 Å². The number of benzene rings is 2. The molecule has 0 saturated heterocycles. The zero-order chi connectivity index (χ0) is 18.6. The molecule has 0 aliphatic carbocycles. The number of carbonyl (C=O) groups is 1. The minimum Gasteiger partial charge on any atom is -0.483 e. The molecule has 0 aliphatic rings. The van der Waals surface area contributed by atoms with Gasteiger partial charge in [0.1, 0.15) is 5.75 Å². The lowest BCUT2D eigenvalue weighted by atomic mass is 9.97. The zero-order valence-electron chi connectivity index (χ0n) is 16.2. The summed E-state index contributed by atoms with van der Waals surface area (Å²) in [4.78, 5) is 12.4. The van der Waals surface area contributed by atoms with Gasteiger partial charge in [0.15, 0.2) is 6.61 Å². The van der Waals surface area contributed by atoms with Crippen LogP contribution in [0.2, 0.25) is 0 Å². The number of ether oxygens (including phenoxy) is 1. The summed E-state index contributed by atoms with van der Waals surface area (Å²) in [6.45, 7) is 12.4. The number of hydrogen-bond acceptors (Lipinski definition) is 2. The first-order chi connectivity index (χ1) is 11.8. The summed E-state index contributed by atoms with van der Waals surface area (Å²) in [5.74, 6) is 0.692. The Kier molecular flexibility index (Phi) is 6.24. The molecular formula is C22H29NO2. The van der Waals surface area contributed by atoms with Crippen LogP contribution in [0, 0.1) is 34.6 Å². The molecule has 3 nitrogen and oxygen atoms in total. The van der Waals surface area contributed by atoms with E-state index in [-0.39, 0.29) is 18.6 Å². The van der Waals surface area contributed by atoms with E-state index in [1.54, 1.807) is 0 Å². The van der Waals surface area contributed by atoms with Gasteiger partial charge in [-0.3, -0.25) is 4.79 Å². The molecule has 2 aromatic carbocycles. The first-order valence-electron chi connectivity index (χ1n) is 8.89. The van der Waals surface area contributed by atoms with Gasteiger partial charge in [0, 0.05) is 0 Å². The number of nitrogens with one attached hydrogen (secondary N) is 1. The Morgan fingerprint density at radius 2 is 1.68 bits per heavy atom. The van der Waals surface area contributed by atoms with Crippen molar-refractivity contribution < 1.29 is 9.53 Å². The topological polar surface area (TPSA) is 38.3 Å². The second-order valence-corrected chi connectivity index (χ2v) is 6.88. The van der Waals surface area contributed by atoms with Crippen molar-refractivity contribution in [1.82, 2.24) is 5.32 Å². The Balaban J connectivity index is 2.03. The van der Waals surface area contributed by atoms with Crippen molar-refractivity contribution in [2.45, 2.75) is 54.0 Å². The quantitative estimate of drug-likeness (QED) is 0.815. The summed E-state index contributed by atoms with van der Waals surface area (Å²) < 4.78 is 5.78. The van der Waals surface area contributed by atoms with E-state index in [1.807, 2.05) is 19.9 Å². The number of rotatable bonds is 6. The van der Waals surface area contributed by atoms with E-state index in [2.05, 4.69) is 57.3 Å². The van der Waals surface area contributed by atoms with Crippen LogP contribution >= 0.6 is 0 Å². The maximum atomic E-state index is 12.4. The standard InChI is InChI=1S/C22H29NO2/c1-7-20(19-9-8-14(2)10-17(19)5)23-22(24)13-25-21-12-15(3)11-16(4)18(21)6/h8-12,20H,7,13H2,1-6H3,(H,23,24)/t20-/m0/s1. The largest absolute Gasteiger partial charge is 0.483 e. The van der Waals surface area contributed by atoms with E-state index in [4.69, 9.17) is 4.74 Å². The molecule has 1 atom stereocenters. The van der Waals surface area contributed by atoms with Gasteiger partial charge in [0.25, 0.3) is 5.91 Å². The van der Waals surface area contributed by atoms with Crippen LogP contribution in [0.4, 0.5) is 0 Å². The van der Waals surface area contributed by atoms with Gasteiger partial charge < -0.3 is 10.1 Å². The van der Waals surface area contributed by atoms with Gasteiger partial charge in [0.2, 0.25) is 0 Å². The zero-order valence-corrected chi connectivity index (χ0v) is 16.2. The third-order valence-corrected chi connectivity index (χ3v) is 4.67. The maximum absolute atomic E-state index is 12.4. The van der Waals surface area contributed by atoms with Crippen LogP contribution in [0.1, 0.15) is 52.8 Å². The van der Waals surface area contributed by atoms with E-state index in [0.29, 0.717) is 0 Å². The van der Waals surface area contributed by atoms with Gasteiger partial charge in [-0.1, -0.05) is 36.8 Å². The van der Waals surface area contributed by atoms with Crippen molar-refractivity contribution in [3.63, 3.8) is 0 Å². The van der Waals surface area contributed by atoms with E-state index in [9.17, 15) is 4.79 Å². The van der Waals surface area contributed by atoms with Gasteiger partial charge in [-0.05, 0) is 74.9 Å².